The Morgan fingerprint density at radius 1 is 1.48 bits per heavy atom. The third kappa shape index (κ3) is 4.28. The van der Waals surface area contributed by atoms with Crippen LogP contribution in [0.25, 0.3) is 0 Å². The number of ether oxygens (including phenoxy) is 2. The summed E-state index contributed by atoms with van der Waals surface area (Å²) in [4.78, 5) is 24.0. The Bertz CT molecular complexity index is 514. The summed E-state index contributed by atoms with van der Waals surface area (Å²) in [6, 6.07) is 6.86. The smallest absolute Gasteiger partial charge is 0.328 e. The van der Waals surface area contributed by atoms with Gasteiger partial charge in [-0.2, -0.15) is 0 Å². The van der Waals surface area contributed by atoms with E-state index >= 15 is 0 Å². The topological polar surface area (TPSA) is 64.6 Å². The van der Waals surface area contributed by atoms with Crippen molar-refractivity contribution in [3.05, 3.63) is 34.3 Å². The molecule has 6 heteroatoms. The SMILES string of the molecule is COC(=O)[C@@H](Cc1ccccc1Br)NC(=O)[C@@H]1CCCO1. The van der Waals surface area contributed by atoms with Gasteiger partial charge in [0.15, 0.2) is 0 Å². The number of esters is 1. The number of hydrogen-bond donors (Lipinski definition) is 1. The predicted octanol–water partition coefficient (Wildman–Crippen LogP) is 1.83. The normalized spacial score (nSPS) is 19.0. The van der Waals surface area contributed by atoms with Gasteiger partial charge in [0.2, 0.25) is 5.91 Å². The maximum Gasteiger partial charge on any atom is 0.328 e. The Morgan fingerprint density at radius 2 is 2.24 bits per heavy atom. The Hall–Kier alpha value is -1.40. The van der Waals surface area contributed by atoms with Crippen LogP contribution >= 0.6 is 15.9 Å². The molecule has 1 aromatic carbocycles. The van der Waals surface area contributed by atoms with Gasteiger partial charge >= 0.3 is 5.97 Å². The summed E-state index contributed by atoms with van der Waals surface area (Å²) in [6.45, 7) is 0.589. The molecule has 0 unspecified atom stereocenters. The number of carbonyl (C=O) groups excluding carboxylic acids is 2. The first-order valence-corrected chi connectivity index (χ1v) is 7.64. The van der Waals surface area contributed by atoms with E-state index in [0.29, 0.717) is 19.4 Å². The highest BCUT2D eigenvalue weighted by Crippen LogP contribution is 2.18. The quantitative estimate of drug-likeness (QED) is 0.818. The number of nitrogens with one attached hydrogen (secondary N) is 1. The molecule has 21 heavy (non-hydrogen) atoms. The summed E-state index contributed by atoms with van der Waals surface area (Å²) in [5.74, 6) is -0.716. The van der Waals surface area contributed by atoms with Gasteiger partial charge in [-0.1, -0.05) is 34.1 Å². The van der Waals surface area contributed by atoms with Gasteiger partial charge in [-0.3, -0.25) is 4.79 Å². The fourth-order valence-corrected chi connectivity index (χ4v) is 2.72. The lowest BCUT2D eigenvalue weighted by Crippen LogP contribution is -2.47. The molecule has 1 aromatic rings. The molecule has 5 nitrogen and oxygen atoms in total. The van der Waals surface area contributed by atoms with Crippen LogP contribution < -0.4 is 5.32 Å². The number of amides is 1. The first kappa shape index (κ1) is 16.0. The van der Waals surface area contributed by atoms with Crippen molar-refractivity contribution in [3.8, 4) is 0 Å². The summed E-state index contributed by atoms with van der Waals surface area (Å²) in [5.41, 5.74) is 0.931. The van der Waals surface area contributed by atoms with E-state index in [1.165, 1.54) is 7.11 Å². The monoisotopic (exact) mass is 355 g/mol. The first-order chi connectivity index (χ1) is 10.1. The third-order valence-electron chi connectivity index (χ3n) is 3.41. The predicted molar refractivity (Wildman–Crippen MR) is 80.8 cm³/mol. The summed E-state index contributed by atoms with van der Waals surface area (Å²) >= 11 is 3.44. The molecule has 1 heterocycles. The van der Waals surface area contributed by atoms with Gasteiger partial charge in [0.1, 0.15) is 12.1 Å². The largest absolute Gasteiger partial charge is 0.467 e. The van der Waals surface area contributed by atoms with Crippen molar-refractivity contribution < 1.29 is 19.1 Å². The van der Waals surface area contributed by atoms with Gasteiger partial charge in [0.05, 0.1) is 7.11 Å². The van der Waals surface area contributed by atoms with Crippen LogP contribution in [-0.2, 0) is 25.5 Å². The highest BCUT2D eigenvalue weighted by Gasteiger charge is 2.29. The van der Waals surface area contributed by atoms with E-state index in [4.69, 9.17) is 9.47 Å². The molecule has 0 spiro atoms. The molecule has 1 amide bonds. The van der Waals surface area contributed by atoms with E-state index < -0.39 is 18.1 Å². The van der Waals surface area contributed by atoms with Gasteiger partial charge in [-0.15, -0.1) is 0 Å². The fourth-order valence-electron chi connectivity index (χ4n) is 2.27. The van der Waals surface area contributed by atoms with Crippen molar-refractivity contribution in [2.45, 2.75) is 31.4 Å². The lowest BCUT2D eigenvalue weighted by molar-refractivity contribution is -0.146. The van der Waals surface area contributed by atoms with Crippen LogP contribution in [0.15, 0.2) is 28.7 Å². The maximum atomic E-state index is 12.1. The average molecular weight is 356 g/mol. The van der Waals surface area contributed by atoms with E-state index in [-0.39, 0.29) is 5.91 Å². The molecule has 1 aliphatic heterocycles. The fraction of sp³-hybridized carbons (Fsp3) is 0.467. The second kappa shape index (κ2) is 7.56. The van der Waals surface area contributed by atoms with Crippen LogP contribution in [-0.4, -0.2) is 37.7 Å². The number of rotatable bonds is 5. The van der Waals surface area contributed by atoms with Gasteiger partial charge < -0.3 is 14.8 Å². The molecule has 114 valence electrons. The minimum atomic E-state index is -0.717. The highest BCUT2D eigenvalue weighted by molar-refractivity contribution is 9.10. The molecule has 0 aromatic heterocycles. The molecular formula is C15H18BrNO4. The number of benzene rings is 1. The molecule has 0 saturated carbocycles. The van der Waals surface area contributed by atoms with E-state index in [2.05, 4.69) is 21.2 Å². The molecular weight excluding hydrogens is 338 g/mol. The Labute approximate surface area is 132 Å². The van der Waals surface area contributed by atoms with Crippen LogP contribution in [0.2, 0.25) is 0 Å². The van der Waals surface area contributed by atoms with Crippen LogP contribution in [0.1, 0.15) is 18.4 Å². The van der Waals surface area contributed by atoms with E-state index in [1.807, 2.05) is 24.3 Å². The van der Waals surface area contributed by atoms with Crippen LogP contribution in [0.3, 0.4) is 0 Å². The zero-order valence-electron chi connectivity index (χ0n) is 11.8. The lowest BCUT2D eigenvalue weighted by Gasteiger charge is -2.19. The second-order valence-corrected chi connectivity index (χ2v) is 5.74. The minimum Gasteiger partial charge on any atom is -0.467 e. The van der Waals surface area contributed by atoms with Crippen molar-refractivity contribution in [2.24, 2.45) is 0 Å². The van der Waals surface area contributed by atoms with E-state index in [1.54, 1.807) is 0 Å². The third-order valence-corrected chi connectivity index (χ3v) is 4.18. The maximum absolute atomic E-state index is 12.1. The standard InChI is InChI=1S/C15H18BrNO4/c1-20-15(19)12(9-10-5-2-3-6-11(10)16)17-14(18)13-7-4-8-21-13/h2-3,5-6,12-13H,4,7-9H2,1H3,(H,17,18)/t12-,13+/m1/s1. The van der Waals surface area contributed by atoms with Crippen molar-refractivity contribution >= 4 is 27.8 Å². The zero-order chi connectivity index (χ0) is 15.2. The van der Waals surface area contributed by atoms with Gasteiger partial charge in [0.25, 0.3) is 0 Å². The van der Waals surface area contributed by atoms with Gasteiger partial charge in [0, 0.05) is 17.5 Å². The Balaban J connectivity index is 2.06. The van der Waals surface area contributed by atoms with E-state index in [0.717, 1.165) is 16.5 Å². The molecule has 1 N–H and O–H groups in total. The molecule has 1 aliphatic rings. The minimum absolute atomic E-state index is 0.255. The highest BCUT2D eigenvalue weighted by atomic mass is 79.9. The van der Waals surface area contributed by atoms with Gasteiger partial charge in [-0.05, 0) is 24.5 Å². The summed E-state index contributed by atoms with van der Waals surface area (Å²) in [5, 5.41) is 2.73. The van der Waals surface area contributed by atoms with Crippen LogP contribution in [0.5, 0.6) is 0 Å². The summed E-state index contributed by atoms with van der Waals surface area (Å²) < 4.78 is 11.0. The van der Waals surface area contributed by atoms with Crippen molar-refractivity contribution in [1.29, 1.82) is 0 Å². The number of carbonyl (C=O) groups is 2. The van der Waals surface area contributed by atoms with E-state index in [9.17, 15) is 9.59 Å². The first-order valence-electron chi connectivity index (χ1n) is 6.85. The number of methoxy groups -OCH3 is 1. The molecule has 2 atom stereocenters. The Kier molecular flexibility index (Phi) is 5.76. The van der Waals surface area contributed by atoms with Gasteiger partial charge in [-0.25, -0.2) is 4.79 Å². The lowest BCUT2D eigenvalue weighted by atomic mass is 10.1. The zero-order valence-corrected chi connectivity index (χ0v) is 13.4. The van der Waals surface area contributed by atoms with Crippen LogP contribution in [0, 0.1) is 0 Å². The molecule has 0 bridgehead atoms. The van der Waals surface area contributed by atoms with Crippen LogP contribution in [0.4, 0.5) is 0 Å². The summed E-state index contributed by atoms with van der Waals surface area (Å²) in [7, 11) is 1.31. The van der Waals surface area contributed by atoms with Crippen molar-refractivity contribution in [3.63, 3.8) is 0 Å². The van der Waals surface area contributed by atoms with Crippen molar-refractivity contribution in [2.75, 3.05) is 13.7 Å². The molecule has 2 rings (SSSR count). The number of hydrogen-bond acceptors (Lipinski definition) is 4. The average Bonchev–Trinajstić information content (AvgIpc) is 3.02. The molecule has 1 fully saturated rings. The Morgan fingerprint density at radius 3 is 2.86 bits per heavy atom. The number of halogens is 1. The second-order valence-electron chi connectivity index (χ2n) is 4.88. The molecule has 1 saturated heterocycles. The molecule has 0 radical (unpaired) electrons. The van der Waals surface area contributed by atoms with Crippen molar-refractivity contribution in [1.82, 2.24) is 5.32 Å². The molecule has 0 aliphatic carbocycles. The summed E-state index contributed by atoms with van der Waals surface area (Å²) in [6.07, 6.45) is 1.46.